The molecule has 0 aromatic heterocycles. The number of hydrogen-bond acceptors (Lipinski definition) is 2. The van der Waals surface area contributed by atoms with E-state index in [9.17, 15) is 5.11 Å². The second kappa shape index (κ2) is 4.82. The van der Waals surface area contributed by atoms with Crippen molar-refractivity contribution >= 4 is 0 Å². The molecule has 0 saturated carbocycles. The van der Waals surface area contributed by atoms with Crippen molar-refractivity contribution < 1.29 is 5.11 Å². The summed E-state index contributed by atoms with van der Waals surface area (Å²) in [6.07, 6.45) is 0. The van der Waals surface area contributed by atoms with Gasteiger partial charge in [0.1, 0.15) is 0 Å². The topological polar surface area (TPSA) is 44.0 Å². The first-order chi connectivity index (χ1) is 8.27. The third kappa shape index (κ3) is 2.06. The maximum Gasteiger partial charge on any atom is 0.0998 e. The molecule has 2 aromatic carbocycles. The molecule has 0 bridgehead atoms. The zero-order valence-electron chi connectivity index (χ0n) is 9.64. The Labute approximate surface area is 101 Å². The van der Waals surface area contributed by atoms with E-state index in [0.717, 1.165) is 16.7 Å². The van der Waals surface area contributed by atoms with Crippen molar-refractivity contribution in [1.29, 1.82) is 5.26 Å². The molecule has 0 fully saturated rings. The Hall–Kier alpha value is -2.11. The summed E-state index contributed by atoms with van der Waals surface area (Å²) in [6, 6.07) is 15.9. The minimum Gasteiger partial charge on any atom is -0.392 e. The number of aliphatic hydroxyl groups excluding tert-OH is 1. The zero-order valence-corrected chi connectivity index (χ0v) is 9.64. The monoisotopic (exact) mass is 223 g/mol. The molecule has 0 unspecified atom stereocenters. The van der Waals surface area contributed by atoms with Gasteiger partial charge in [-0.25, -0.2) is 0 Å². The highest BCUT2D eigenvalue weighted by Crippen LogP contribution is 2.27. The Balaban J connectivity index is 2.63. The van der Waals surface area contributed by atoms with Gasteiger partial charge < -0.3 is 5.11 Å². The van der Waals surface area contributed by atoms with Crippen LogP contribution >= 0.6 is 0 Å². The van der Waals surface area contributed by atoms with E-state index in [1.165, 1.54) is 0 Å². The van der Waals surface area contributed by atoms with Gasteiger partial charge in [-0.05, 0) is 29.2 Å². The maximum absolute atomic E-state index is 9.18. The van der Waals surface area contributed by atoms with E-state index in [4.69, 9.17) is 5.26 Å². The Morgan fingerprint density at radius 1 is 1.12 bits per heavy atom. The van der Waals surface area contributed by atoms with Crippen molar-refractivity contribution in [3.05, 3.63) is 59.2 Å². The molecule has 2 aromatic rings. The second-order valence-electron chi connectivity index (χ2n) is 3.91. The van der Waals surface area contributed by atoms with Crippen molar-refractivity contribution in [3.8, 4) is 17.2 Å². The van der Waals surface area contributed by atoms with Gasteiger partial charge in [-0.3, -0.25) is 0 Å². The summed E-state index contributed by atoms with van der Waals surface area (Å²) in [5, 5.41) is 18.3. The van der Waals surface area contributed by atoms with Crippen molar-refractivity contribution in [3.63, 3.8) is 0 Å². The first-order valence-electron chi connectivity index (χ1n) is 5.46. The molecule has 17 heavy (non-hydrogen) atoms. The third-order valence-electron chi connectivity index (χ3n) is 2.92. The molecular weight excluding hydrogens is 210 g/mol. The molecule has 1 N–H and O–H groups in total. The highest BCUT2D eigenvalue weighted by Gasteiger charge is 2.09. The van der Waals surface area contributed by atoms with Crippen LogP contribution in [0.4, 0.5) is 0 Å². The van der Waals surface area contributed by atoms with Gasteiger partial charge in [0.25, 0.3) is 0 Å². The van der Waals surface area contributed by atoms with Crippen molar-refractivity contribution in [2.75, 3.05) is 0 Å². The molecular formula is C15H13NO. The average Bonchev–Trinajstić information content (AvgIpc) is 2.39. The van der Waals surface area contributed by atoms with Crippen LogP contribution in [0.15, 0.2) is 42.5 Å². The SMILES string of the molecule is Cc1c(-c2ccccc2)ccc(CO)c1C#N. The van der Waals surface area contributed by atoms with Crippen LogP contribution in [0.25, 0.3) is 11.1 Å². The molecule has 0 radical (unpaired) electrons. The lowest BCUT2D eigenvalue weighted by Gasteiger charge is -2.10. The fraction of sp³-hybridized carbons (Fsp3) is 0.133. The molecule has 0 aliphatic heterocycles. The lowest BCUT2D eigenvalue weighted by Crippen LogP contribution is -1.95. The van der Waals surface area contributed by atoms with E-state index in [1.807, 2.05) is 49.4 Å². The van der Waals surface area contributed by atoms with Gasteiger partial charge in [-0.2, -0.15) is 5.26 Å². The van der Waals surface area contributed by atoms with Gasteiger partial charge in [0.15, 0.2) is 0 Å². The molecule has 0 aliphatic carbocycles. The van der Waals surface area contributed by atoms with Gasteiger partial charge in [-0.1, -0.05) is 42.5 Å². The fourth-order valence-corrected chi connectivity index (χ4v) is 1.99. The largest absolute Gasteiger partial charge is 0.392 e. The normalized spacial score (nSPS) is 9.94. The number of aliphatic hydroxyl groups is 1. The smallest absolute Gasteiger partial charge is 0.0998 e. The van der Waals surface area contributed by atoms with E-state index in [0.29, 0.717) is 11.1 Å². The van der Waals surface area contributed by atoms with Crippen LogP contribution in [-0.2, 0) is 6.61 Å². The van der Waals surface area contributed by atoms with E-state index < -0.39 is 0 Å². The first-order valence-corrected chi connectivity index (χ1v) is 5.46. The zero-order chi connectivity index (χ0) is 12.3. The number of rotatable bonds is 2. The molecule has 0 amide bonds. The van der Waals surface area contributed by atoms with E-state index in [2.05, 4.69) is 6.07 Å². The van der Waals surface area contributed by atoms with Gasteiger partial charge >= 0.3 is 0 Å². The minimum absolute atomic E-state index is 0.0984. The highest BCUT2D eigenvalue weighted by molar-refractivity contribution is 5.70. The van der Waals surface area contributed by atoms with Crippen LogP contribution in [0.5, 0.6) is 0 Å². The lowest BCUT2D eigenvalue weighted by atomic mass is 9.94. The van der Waals surface area contributed by atoms with E-state index in [-0.39, 0.29) is 6.61 Å². The Morgan fingerprint density at radius 2 is 1.82 bits per heavy atom. The van der Waals surface area contributed by atoms with E-state index in [1.54, 1.807) is 0 Å². The van der Waals surface area contributed by atoms with Crippen molar-refractivity contribution in [2.45, 2.75) is 13.5 Å². The average molecular weight is 223 g/mol. The summed E-state index contributed by atoms with van der Waals surface area (Å²) in [6.45, 7) is 1.82. The minimum atomic E-state index is -0.0984. The van der Waals surface area contributed by atoms with Crippen LogP contribution in [0.2, 0.25) is 0 Å². The highest BCUT2D eigenvalue weighted by atomic mass is 16.3. The first kappa shape index (κ1) is 11.4. The number of hydrogen-bond donors (Lipinski definition) is 1. The Morgan fingerprint density at radius 3 is 2.41 bits per heavy atom. The summed E-state index contributed by atoms with van der Waals surface area (Å²) in [4.78, 5) is 0. The summed E-state index contributed by atoms with van der Waals surface area (Å²) in [5.74, 6) is 0. The van der Waals surface area contributed by atoms with Crippen LogP contribution in [-0.4, -0.2) is 5.11 Å². The maximum atomic E-state index is 9.18. The van der Waals surface area contributed by atoms with Crippen molar-refractivity contribution in [2.24, 2.45) is 0 Å². The molecule has 0 heterocycles. The predicted molar refractivity (Wildman–Crippen MR) is 67.3 cm³/mol. The molecule has 84 valence electrons. The van der Waals surface area contributed by atoms with E-state index >= 15 is 0 Å². The van der Waals surface area contributed by atoms with Gasteiger partial charge in [0, 0.05) is 0 Å². The molecule has 2 heteroatoms. The number of nitriles is 1. The summed E-state index contributed by atoms with van der Waals surface area (Å²) < 4.78 is 0. The van der Waals surface area contributed by atoms with Crippen LogP contribution < -0.4 is 0 Å². The van der Waals surface area contributed by atoms with Gasteiger partial charge in [0.05, 0.1) is 18.2 Å². The molecule has 0 spiro atoms. The van der Waals surface area contributed by atoms with Gasteiger partial charge in [-0.15, -0.1) is 0 Å². The fourth-order valence-electron chi connectivity index (χ4n) is 1.99. The summed E-state index contributed by atoms with van der Waals surface area (Å²) in [7, 11) is 0. The Bertz CT molecular complexity index is 567. The summed E-state index contributed by atoms with van der Waals surface area (Å²) >= 11 is 0. The van der Waals surface area contributed by atoms with Gasteiger partial charge in [0.2, 0.25) is 0 Å². The van der Waals surface area contributed by atoms with Crippen LogP contribution in [0, 0.1) is 18.3 Å². The third-order valence-corrected chi connectivity index (χ3v) is 2.92. The van der Waals surface area contributed by atoms with Crippen molar-refractivity contribution in [1.82, 2.24) is 0 Å². The molecule has 0 aliphatic rings. The number of benzene rings is 2. The second-order valence-corrected chi connectivity index (χ2v) is 3.91. The quantitative estimate of drug-likeness (QED) is 0.850. The number of nitrogens with zero attached hydrogens (tertiary/aromatic N) is 1. The lowest BCUT2D eigenvalue weighted by molar-refractivity contribution is 0.281. The molecule has 0 saturated heterocycles. The van der Waals surface area contributed by atoms with Crippen LogP contribution in [0.1, 0.15) is 16.7 Å². The molecule has 2 nitrogen and oxygen atoms in total. The molecule has 2 rings (SSSR count). The standard InChI is InChI=1S/C15H13NO/c1-11-14(12-5-3-2-4-6-12)8-7-13(10-17)15(11)9-16/h2-8,17H,10H2,1H3. The van der Waals surface area contributed by atoms with Crippen LogP contribution in [0.3, 0.4) is 0 Å². The Kier molecular flexibility index (Phi) is 3.22. The molecule has 0 atom stereocenters. The predicted octanol–water partition coefficient (Wildman–Crippen LogP) is 3.03. The summed E-state index contributed by atoms with van der Waals surface area (Å²) in [5.41, 5.74) is 4.31.